The lowest BCUT2D eigenvalue weighted by molar-refractivity contribution is -0.644. The highest BCUT2D eigenvalue weighted by Gasteiger charge is 2.06. The van der Waals surface area contributed by atoms with Crippen LogP contribution in [0.5, 0.6) is 0 Å². The zero-order valence-corrected chi connectivity index (χ0v) is 13.6. The summed E-state index contributed by atoms with van der Waals surface area (Å²) in [7, 11) is 2.00. The number of aromatic nitrogens is 1. The average molecular weight is 389 g/mol. The number of para-hydroxylation sites is 1. The van der Waals surface area contributed by atoms with Gasteiger partial charge in [-0.1, -0.05) is 36.1 Å². The van der Waals surface area contributed by atoms with Crippen LogP contribution in [0.1, 0.15) is 11.1 Å². The van der Waals surface area contributed by atoms with Crippen molar-refractivity contribution in [3.05, 3.63) is 77.7 Å². The first kappa shape index (κ1) is 15.5. The minimum Gasteiger partial charge on any atom is -1.00 e. The fourth-order valence-corrected chi connectivity index (χ4v) is 2.17. The molecule has 0 N–H and O–H groups in total. The van der Waals surface area contributed by atoms with E-state index in [1.165, 1.54) is 6.07 Å². The molecule has 0 radical (unpaired) electrons. The van der Waals surface area contributed by atoms with Gasteiger partial charge in [0.05, 0.1) is 10.9 Å². The van der Waals surface area contributed by atoms with Gasteiger partial charge in [0, 0.05) is 17.7 Å². The molecule has 0 saturated heterocycles. The number of halogens is 2. The number of nitrogens with zero attached hydrogens (tertiary/aromatic N) is 1. The highest BCUT2D eigenvalue weighted by Crippen LogP contribution is 2.14. The van der Waals surface area contributed by atoms with Gasteiger partial charge in [0.25, 0.3) is 0 Å². The van der Waals surface area contributed by atoms with Crippen molar-refractivity contribution >= 4 is 10.9 Å². The van der Waals surface area contributed by atoms with Gasteiger partial charge in [-0.3, -0.25) is 0 Å². The van der Waals surface area contributed by atoms with Crippen molar-refractivity contribution < 1.29 is 32.9 Å². The number of pyridine rings is 1. The van der Waals surface area contributed by atoms with Crippen LogP contribution < -0.4 is 28.5 Å². The average Bonchev–Trinajstić information content (AvgIpc) is 2.48. The molecule has 0 aliphatic rings. The van der Waals surface area contributed by atoms with Gasteiger partial charge in [-0.25, -0.2) is 8.96 Å². The number of fused-ring (bicyclic) bond motifs is 1. The molecule has 104 valence electrons. The minimum atomic E-state index is -0.286. The quantitative estimate of drug-likeness (QED) is 0.294. The van der Waals surface area contributed by atoms with Gasteiger partial charge in [-0.2, -0.15) is 0 Å². The minimum absolute atomic E-state index is 0. The van der Waals surface area contributed by atoms with E-state index in [0.29, 0.717) is 5.56 Å². The molecule has 3 aromatic rings. The Kier molecular flexibility index (Phi) is 4.92. The van der Waals surface area contributed by atoms with E-state index in [1.54, 1.807) is 18.2 Å². The van der Waals surface area contributed by atoms with Crippen molar-refractivity contribution in [3.8, 4) is 11.8 Å². The summed E-state index contributed by atoms with van der Waals surface area (Å²) in [5.74, 6) is 5.69. The lowest BCUT2D eigenvalue weighted by Crippen LogP contribution is -3.00. The number of benzene rings is 2. The number of rotatable bonds is 0. The molecule has 0 aliphatic heterocycles. The molecule has 0 atom stereocenters. The summed E-state index contributed by atoms with van der Waals surface area (Å²) in [6, 6.07) is 16.6. The van der Waals surface area contributed by atoms with E-state index in [2.05, 4.69) is 11.8 Å². The van der Waals surface area contributed by atoms with Crippen molar-refractivity contribution in [1.29, 1.82) is 0 Å². The molecule has 1 aromatic heterocycles. The molecular formula is C18H13FIN. The second kappa shape index (κ2) is 6.68. The Labute approximate surface area is 140 Å². The summed E-state index contributed by atoms with van der Waals surface area (Å²) >= 11 is 0. The summed E-state index contributed by atoms with van der Waals surface area (Å²) < 4.78 is 15.6. The molecule has 0 aliphatic carbocycles. The van der Waals surface area contributed by atoms with Crippen molar-refractivity contribution in [2.75, 3.05) is 0 Å². The Balaban J connectivity index is 0.00000161. The second-order valence-electron chi connectivity index (χ2n) is 4.59. The van der Waals surface area contributed by atoms with Gasteiger partial charge >= 0.3 is 0 Å². The summed E-state index contributed by atoms with van der Waals surface area (Å²) in [6.45, 7) is 0. The van der Waals surface area contributed by atoms with E-state index in [4.69, 9.17) is 0 Å². The fraction of sp³-hybridized carbons (Fsp3) is 0.0556. The lowest BCUT2D eigenvalue weighted by Gasteiger charge is -1.98. The number of hydrogen-bond acceptors (Lipinski definition) is 0. The molecule has 1 heterocycles. The van der Waals surface area contributed by atoms with Crippen LogP contribution in [0.2, 0.25) is 0 Å². The van der Waals surface area contributed by atoms with Crippen molar-refractivity contribution in [3.63, 3.8) is 0 Å². The molecule has 0 bridgehead atoms. The number of aryl methyl sites for hydroxylation is 1. The molecule has 0 unspecified atom stereocenters. The van der Waals surface area contributed by atoms with Crippen LogP contribution >= 0.6 is 0 Å². The summed E-state index contributed by atoms with van der Waals surface area (Å²) in [5.41, 5.74) is 2.43. The zero-order chi connectivity index (χ0) is 13.9. The second-order valence-corrected chi connectivity index (χ2v) is 4.59. The predicted molar refractivity (Wildman–Crippen MR) is 77.5 cm³/mol. The topological polar surface area (TPSA) is 3.88 Å². The monoisotopic (exact) mass is 389 g/mol. The third-order valence-electron chi connectivity index (χ3n) is 3.24. The largest absolute Gasteiger partial charge is 1.00 e. The molecule has 0 saturated carbocycles. The standard InChI is InChI=1S/C18H13FN.HI/c1-20-13-12-14(16-7-3-5-9-18(16)20)10-11-15-6-2-4-8-17(15)19;/h2-9,12-13H,1H3;1H/q+1;/p-1. The lowest BCUT2D eigenvalue weighted by atomic mass is 10.1. The van der Waals surface area contributed by atoms with Crippen LogP contribution in [0.25, 0.3) is 10.9 Å². The molecule has 3 rings (SSSR count). The SMILES string of the molecule is C[n+]1ccc(C#Cc2ccccc2F)c2ccccc21.[I-]. The Bertz CT molecular complexity index is 846. The summed E-state index contributed by atoms with van der Waals surface area (Å²) in [4.78, 5) is 0. The first-order valence-corrected chi connectivity index (χ1v) is 6.39. The highest BCUT2D eigenvalue weighted by atomic mass is 127. The molecule has 2 aromatic carbocycles. The predicted octanol–water partition coefficient (Wildman–Crippen LogP) is 0.207. The smallest absolute Gasteiger partial charge is 0.213 e. The van der Waals surface area contributed by atoms with Gasteiger partial charge in [-0.05, 0) is 18.2 Å². The maximum Gasteiger partial charge on any atom is 0.213 e. The third kappa shape index (κ3) is 3.22. The van der Waals surface area contributed by atoms with Crippen LogP contribution in [0, 0.1) is 17.7 Å². The third-order valence-corrected chi connectivity index (χ3v) is 3.24. The van der Waals surface area contributed by atoms with Gasteiger partial charge < -0.3 is 24.0 Å². The first-order valence-electron chi connectivity index (χ1n) is 6.39. The van der Waals surface area contributed by atoms with Crippen LogP contribution in [-0.4, -0.2) is 0 Å². The van der Waals surface area contributed by atoms with Crippen molar-refractivity contribution in [2.24, 2.45) is 7.05 Å². The Morgan fingerprint density at radius 3 is 2.33 bits per heavy atom. The Hall–Kier alpha value is -1.93. The zero-order valence-electron chi connectivity index (χ0n) is 11.5. The molecule has 0 amide bonds. The molecule has 3 heteroatoms. The van der Waals surface area contributed by atoms with Crippen LogP contribution in [-0.2, 0) is 7.05 Å². The Morgan fingerprint density at radius 2 is 1.52 bits per heavy atom. The normalized spacial score (nSPS) is 9.62. The van der Waals surface area contributed by atoms with E-state index in [0.717, 1.165) is 16.5 Å². The van der Waals surface area contributed by atoms with Crippen LogP contribution in [0.3, 0.4) is 0 Å². The summed E-state index contributed by atoms with van der Waals surface area (Å²) in [6.07, 6.45) is 1.97. The molecule has 1 nitrogen and oxygen atoms in total. The molecule has 21 heavy (non-hydrogen) atoms. The van der Waals surface area contributed by atoms with E-state index in [9.17, 15) is 4.39 Å². The first-order chi connectivity index (χ1) is 9.75. The van der Waals surface area contributed by atoms with Crippen molar-refractivity contribution in [2.45, 2.75) is 0 Å². The van der Waals surface area contributed by atoms with E-state index < -0.39 is 0 Å². The Morgan fingerprint density at radius 1 is 0.857 bits per heavy atom. The van der Waals surface area contributed by atoms with Crippen molar-refractivity contribution in [1.82, 2.24) is 0 Å². The molecule has 0 spiro atoms. The van der Waals surface area contributed by atoms with E-state index in [1.807, 2.05) is 48.1 Å². The van der Waals surface area contributed by atoms with Crippen LogP contribution in [0.4, 0.5) is 4.39 Å². The maximum absolute atomic E-state index is 13.6. The van der Waals surface area contributed by atoms with Gasteiger partial charge in [0.1, 0.15) is 12.9 Å². The van der Waals surface area contributed by atoms with Gasteiger partial charge in [0.2, 0.25) is 5.52 Å². The maximum atomic E-state index is 13.6. The van der Waals surface area contributed by atoms with Crippen LogP contribution in [0.15, 0.2) is 60.8 Å². The van der Waals surface area contributed by atoms with Gasteiger partial charge in [0.15, 0.2) is 6.20 Å². The van der Waals surface area contributed by atoms with E-state index in [-0.39, 0.29) is 29.8 Å². The van der Waals surface area contributed by atoms with E-state index >= 15 is 0 Å². The van der Waals surface area contributed by atoms with Gasteiger partial charge in [-0.15, -0.1) is 0 Å². The fourth-order valence-electron chi connectivity index (χ4n) is 2.17. The molecule has 0 fully saturated rings. The highest BCUT2D eigenvalue weighted by molar-refractivity contribution is 5.82. The number of hydrogen-bond donors (Lipinski definition) is 0. The summed E-state index contributed by atoms with van der Waals surface area (Å²) in [5, 5.41) is 1.07. The molecular weight excluding hydrogens is 376 g/mol.